The second-order valence-corrected chi connectivity index (χ2v) is 4.49. The number of morpholine rings is 1. The summed E-state index contributed by atoms with van der Waals surface area (Å²) >= 11 is 0. The molecule has 0 spiro atoms. The van der Waals surface area contributed by atoms with Crippen molar-refractivity contribution in [3.05, 3.63) is 12.3 Å². The molecule has 0 amide bonds. The van der Waals surface area contributed by atoms with Gasteiger partial charge >= 0.3 is 0 Å². The topological polar surface area (TPSA) is 68.3 Å². The fourth-order valence-electron chi connectivity index (χ4n) is 1.70. The van der Waals surface area contributed by atoms with Gasteiger partial charge in [0.25, 0.3) is 0 Å². The van der Waals surface area contributed by atoms with Gasteiger partial charge in [-0.1, -0.05) is 0 Å². The average molecular weight is 252 g/mol. The van der Waals surface area contributed by atoms with Crippen molar-refractivity contribution in [3.8, 4) is 5.88 Å². The lowest BCUT2D eigenvalue weighted by atomic mass is 10.3. The fraction of sp³-hybridized carbons (Fsp3) is 0.667. The first-order valence-corrected chi connectivity index (χ1v) is 6.29. The molecular formula is C12H20N4O2. The summed E-state index contributed by atoms with van der Waals surface area (Å²) in [5.41, 5.74) is 0. The van der Waals surface area contributed by atoms with Crippen LogP contribution >= 0.6 is 0 Å². The summed E-state index contributed by atoms with van der Waals surface area (Å²) in [5, 5.41) is 6.55. The predicted molar refractivity (Wildman–Crippen MR) is 68.9 cm³/mol. The first-order chi connectivity index (χ1) is 8.74. The van der Waals surface area contributed by atoms with E-state index in [0.717, 1.165) is 26.3 Å². The Bertz CT molecular complexity index is 367. The lowest BCUT2D eigenvalue weighted by Crippen LogP contribution is -2.45. The van der Waals surface area contributed by atoms with Crippen LogP contribution in [-0.2, 0) is 4.74 Å². The van der Waals surface area contributed by atoms with Crippen molar-refractivity contribution in [2.24, 2.45) is 0 Å². The molecule has 0 saturated carbocycles. The van der Waals surface area contributed by atoms with Crippen LogP contribution in [0, 0.1) is 0 Å². The molecule has 1 saturated heterocycles. The number of anilines is 1. The van der Waals surface area contributed by atoms with Crippen molar-refractivity contribution >= 4 is 5.95 Å². The van der Waals surface area contributed by atoms with Crippen molar-refractivity contribution in [2.75, 3.05) is 31.6 Å². The quantitative estimate of drug-likeness (QED) is 0.802. The Morgan fingerprint density at radius 2 is 2.50 bits per heavy atom. The fourth-order valence-corrected chi connectivity index (χ4v) is 1.70. The third-order valence-electron chi connectivity index (χ3n) is 2.49. The largest absolute Gasteiger partial charge is 0.475 e. The number of hydrogen-bond acceptors (Lipinski definition) is 6. The SMILES string of the molecule is CC(C)Oc1ccnc(NCC2COCCN2)n1. The molecule has 0 bridgehead atoms. The number of aromatic nitrogens is 2. The van der Waals surface area contributed by atoms with Crippen LogP contribution in [0.4, 0.5) is 5.95 Å². The van der Waals surface area contributed by atoms with Crippen LogP contribution in [0.15, 0.2) is 12.3 Å². The van der Waals surface area contributed by atoms with Gasteiger partial charge < -0.3 is 20.1 Å². The van der Waals surface area contributed by atoms with E-state index in [1.54, 1.807) is 12.3 Å². The molecule has 2 rings (SSSR count). The third kappa shape index (κ3) is 4.12. The first-order valence-electron chi connectivity index (χ1n) is 6.29. The molecule has 1 fully saturated rings. The smallest absolute Gasteiger partial charge is 0.226 e. The molecule has 1 aromatic heterocycles. The molecule has 18 heavy (non-hydrogen) atoms. The molecule has 1 aliphatic heterocycles. The third-order valence-corrected chi connectivity index (χ3v) is 2.49. The van der Waals surface area contributed by atoms with Crippen LogP contribution in [0.1, 0.15) is 13.8 Å². The molecule has 0 aliphatic carbocycles. The normalized spacial score (nSPS) is 19.8. The van der Waals surface area contributed by atoms with Gasteiger partial charge in [0.2, 0.25) is 11.8 Å². The second-order valence-electron chi connectivity index (χ2n) is 4.49. The monoisotopic (exact) mass is 252 g/mol. The highest BCUT2D eigenvalue weighted by molar-refractivity contribution is 5.27. The number of nitrogens with zero attached hydrogens (tertiary/aromatic N) is 2. The van der Waals surface area contributed by atoms with Gasteiger partial charge in [-0.2, -0.15) is 4.98 Å². The van der Waals surface area contributed by atoms with E-state index in [1.165, 1.54) is 0 Å². The van der Waals surface area contributed by atoms with Crippen molar-refractivity contribution in [1.29, 1.82) is 0 Å². The Balaban J connectivity index is 1.84. The summed E-state index contributed by atoms with van der Waals surface area (Å²) in [5.74, 6) is 1.18. The molecule has 0 radical (unpaired) electrons. The van der Waals surface area contributed by atoms with E-state index >= 15 is 0 Å². The maximum atomic E-state index is 5.52. The maximum absolute atomic E-state index is 5.52. The summed E-state index contributed by atoms with van der Waals surface area (Å²) in [7, 11) is 0. The molecule has 1 atom stereocenters. The minimum Gasteiger partial charge on any atom is -0.475 e. The van der Waals surface area contributed by atoms with Gasteiger partial charge in [0, 0.05) is 31.4 Å². The summed E-state index contributed by atoms with van der Waals surface area (Å²) in [4.78, 5) is 8.44. The molecule has 2 heterocycles. The maximum Gasteiger partial charge on any atom is 0.226 e. The first kappa shape index (κ1) is 13.0. The van der Waals surface area contributed by atoms with E-state index in [1.807, 2.05) is 13.8 Å². The van der Waals surface area contributed by atoms with E-state index in [-0.39, 0.29) is 6.10 Å². The van der Waals surface area contributed by atoms with Crippen LogP contribution in [0.25, 0.3) is 0 Å². The Morgan fingerprint density at radius 3 is 3.22 bits per heavy atom. The zero-order chi connectivity index (χ0) is 12.8. The van der Waals surface area contributed by atoms with Gasteiger partial charge in [-0.25, -0.2) is 4.98 Å². The zero-order valence-corrected chi connectivity index (χ0v) is 10.8. The van der Waals surface area contributed by atoms with Crippen LogP contribution in [-0.4, -0.2) is 48.4 Å². The molecule has 6 nitrogen and oxygen atoms in total. The van der Waals surface area contributed by atoms with Crippen LogP contribution in [0.2, 0.25) is 0 Å². The summed E-state index contributed by atoms with van der Waals surface area (Å²) in [6, 6.07) is 2.06. The number of hydrogen-bond donors (Lipinski definition) is 2. The minimum absolute atomic E-state index is 0.112. The summed E-state index contributed by atoms with van der Waals surface area (Å²) in [6.07, 6.45) is 1.80. The van der Waals surface area contributed by atoms with Gasteiger partial charge in [-0.05, 0) is 13.8 Å². The molecule has 2 N–H and O–H groups in total. The Kier molecular flexibility index (Phi) is 4.72. The average Bonchev–Trinajstić information content (AvgIpc) is 2.37. The van der Waals surface area contributed by atoms with Gasteiger partial charge in [0.1, 0.15) is 0 Å². The van der Waals surface area contributed by atoms with E-state index in [2.05, 4.69) is 20.6 Å². The van der Waals surface area contributed by atoms with Crippen LogP contribution in [0.5, 0.6) is 5.88 Å². The van der Waals surface area contributed by atoms with Crippen molar-refractivity contribution in [1.82, 2.24) is 15.3 Å². The van der Waals surface area contributed by atoms with E-state index in [9.17, 15) is 0 Å². The van der Waals surface area contributed by atoms with E-state index in [4.69, 9.17) is 9.47 Å². The Morgan fingerprint density at radius 1 is 1.61 bits per heavy atom. The lowest BCUT2D eigenvalue weighted by molar-refractivity contribution is 0.0806. The highest BCUT2D eigenvalue weighted by Gasteiger charge is 2.13. The van der Waals surface area contributed by atoms with Crippen LogP contribution in [0.3, 0.4) is 0 Å². The van der Waals surface area contributed by atoms with Gasteiger partial charge in [0.15, 0.2) is 0 Å². The Labute approximate surface area is 107 Å². The molecule has 1 unspecified atom stereocenters. The van der Waals surface area contributed by atoms with Crippen molar-refractivity contribution < 1.29 is 9.47 Å². The molecule has 1 aliphatic rings. The molecule has 100 valence electrons. The number of nitrogens with one attached hydrogen (secondary N) is 2. The molecule has 6 heteroatoms. The van der Waals surface area contributed by atoms with Gasteiger partial charge in [0.05, 0.1) is 19.3 Å². The van der Waals surface area contributed by atoms with E-state index in [0.29, 0.717) is 17.9 Å². The molecule has 1 aromatic rings. The van der Waals surface area contributed by atoms with Crippen molar-refractivity contribution in [2.45, 2.75) is 26.0 Å². The van der Waals surface area contributed by atoms with Gasteiger partial charge in [-0.3, -0.25) is 0 Å². The zero-order valence-electron chi connectivity index (χ0n) is 10.8. The Hall–Kier alpha value is -1.40. The number of rotatable bonds is 5. The number of ether oxygens (including phenoxy) is 2. The second kappa shape index (κ2) is 6.51. The lowest BCUT2D eigenvalue weighted by Gasteiger charge is -2.23. The minimum atomic E-state index is 0.112. The summed E-state index contributed by atoms with van der Waals surface area (Å²) in [6.45, 7) is 7.08. The predicted octanol–water partition coefficient (Wildman–Crippen LogP) is 0.664. The van der Waals surface area contributed by atoms with E-state index < -0.39 is 0 Å². The highest BCUT2D eigenvalue weighted by Crippen LogP contribution is 2.10. The van der Waals surface area contributed by atoms with Gasteiger partial charge in [-0.15, -0.1) is 0 Å². The molecule has 0 aromatic carbocycles. The standard InChI is InChI=1S/C12H20N4O2/c1-9(2)18-11-3-4-14-12(16-11)15-7-10-8-17-6-5-13-10/h3-4,9-10,13H,5-8H2,1-2H3,(H,14,15,16). The van der Waals surface area contributed by atoms with Crippen LogP contribution < -0.4 is 15.4 Å². The van der Waals surface area contributed by atoms with Crippen molar-refractivity contribution in [3.63, 3.8) is 0 Å². The highest BCUT2D eigenvalue weighted by atomic mass is 16.5. The molecular weight excluding hydrogens is 232 g/mol. The summed E-state index contributed by atoms with van der Waals surface area (Å²) < 4.78 is 10.9.